The topological polar surface area (TPSA) is 61.8 Å². The number of hydrogen-bond donors (Lipinski definition) is 0. The van der Waals surface area contributed by atoms with Crippen molar-refractivity contribution >= 4 is 11.9 Å². The first kappa shape index (κ1) is 57.9. The van der Waals surface area contributed by atoms with Crippen molar-refractivity contribution in [3.8, 4) is 0 Å². The first-order valence-electron chi connectivity index (χ1n) is 26.2. The fourth-order valence-corrected chi connectivity index (χ4v) is 7.52. The van der Waals surface area contributed by atoms with Gasteiger partial charge in [-0.3, -0.25) is 9.59 Å². The normalized spacial score (nSPS) is 12.5. The van der Waals surface area contributed by atoms with Crippen molar-refractivity contribution < 1.29 is 23.8 Å². The monoisotopic (exact) mass is 841 g/mol. The molecule has 0 radical (unpaired) electrons. The van der Waals surface area contributed by atoms with E-state index in [0.717, 1.165) is 64.2 Å². The van der Waals surface area contributed by atoms with Gasteiger partial charge in [0, 0.05) is 19.4 Å². The van der Waals surface area contributed by atoms with Crippen molar-refractivity contribution in [1.29, 1.82) is 0 Å². The maximum atomic E-state index is 12.8. The van der Waals surface area contributed by atoms with Crippen molar-refractivity contribution in [2.45, 2.75) is 271 Å². The van der Waals surface area contributed by atoms with Crippen LogP contribution in [0.15, 0.2) is 48.6 Å². The summed E-state index contributed by atoms with van der Waals surface area (Å²) in [6, 6.07) is 0. The van der Waals surface area contributed by atoms with E-state index in [2.05, 4.69) is 69.4 Å². The van der Waals surface area contributed by atoms with Crippen LogP contribution in [-0.4, -0.2) is 37.9 Å². The lowest BCUT2D eigenvalue weighted by Gasteiger charge is -2.18. The lowest BCUT2D eigenvalue weighted by atomic mass is 10.0. The molecular weight excluding hydrogens is 741 g/mol. The standard InChI is InChI=1S/C55H100O5/c1-4-7-10-13-16-19-22-25-28-30-33-36-39-42-45-48-54(56)59-52-53(51-58-50-47-44-41-38-35-32-27-24-21-18-15-12-9-6-3)60-55(57)49-46-43-40-37-34-31-29-26-23-20-17-14-11-8-5-2/h9,12,18,21,27,32,38,41,53H,4-8,10-11,13-17,19-20,22-26,28-31,33-37,39-40,42-52H2,1-3H3/b12-9-,21-18-,32-27-,41-38-. The summed E-state index contributed by atoms with van der Waals surface area (Å²) in [5.74, 6) is -0.413. The summed E-state index contributed by atoms with van der Waals surface area (Å²) in [5, 5.41) is 0. The molecule has 0 rings (SSSR count). The van der Waals surface area contributed by atoms with Gasteiger partial charge in [0.25, 0.3) is 0 Å². The second kappa shape index (κ2) is 51.2. The minimum Gasteiger partial charge on any atom is -0.462 e. The Morgan fingerprint density at radius 3 is 1.13 bits per heavy atom. The van der Waals surface area contributed by atoms with Crippen molar-refractivity contribution in [1.82, 2.24) is 0 Å². The molecule has 0 saturated carbocycles. The van der Waals surface area contributed by atoms with E-state index in [1.165, 1.54) is 167 Å². The van der Waals surface area contributed by atoms with Gasteiger partial charge in [0.2, 0.25) is 0 Å². The first-order chi connectivity index (χ1) is 29.6. The maximum absolute atomic E-state index is 12.8. The summed E-state index contributed by atoms with van der Waals surface area (Å²) in [4.78, 5) is 25.4. The first-order valence-corrected chi connectivity index (χ1v) is 26.2. The quantitative estimate of drug-likeness (QED) is 0.0347. The van der Waals surface area contributed by atoms with Crippen LogP contribution < -0.4 is 0 Å². The summed E-state index contributed by atoms with van der Waals surface area (Å²) in [5.41, 5.74) is 0. The maximum Gasteiger partial charge on any atom is 0.306 e. The highest BCUT2D eigenvalue weighted by Crippen LogP contribution is 2.16. The smallest absolute Gasteiger partial charge is 0.306 e. The minimum atomic E-state index is -0.559. The van der Waals surface area contributed by atoms with E-state index < -0.39 is 6.10 Å². The van der Waals surface area contributed by atoms with E-state index in [9.17, 15) is 9.59 Å². The molecule has 0 aromatic carbocycles. The van der Waals surface area contributed by atoms with Crippen LogP contribution in [0.3, 0.4) is 0 Å². The molecular formula is C55H100O5. The number of unbranched alkanes of at least 4 members (excludes halogenated alkanes) is 29. The summed E-state index contributed by atoms with van der Waals surface area (Å²) in [6.07, 6.45) is 62.7. The Labute approximate surface area is 373 Å². The second-order valence-corrected chi connectivity index (χ2v) is 17.4. The van der Waals surface area contributed by atoms with Gasteiger partial charge in [-0.25, -0.2) is 0 Å². The average molecular weight is 841 g/mol. The number of hydrogen-bond acceptors (Lipinski definition) is 5. The highest BCUT2D eigenvalue weighted by molar-refractivity contribution is 5.70. The molecule has 0 amide bonds. The van der Waals surface area contributed by atoms with Crippen LogP contribution in [0.1, 0.15) is 265 Å². The van der Waals surface area contributed by atoms with Crippen LogP contribution in [0.4, 0.5) is 0 Å². The molecule has 1 atom stereocenters. The van der Waals surface area contributed by atoms with E-state index in [1.807, 2.05) is 0 Å². The Morgan fingerprint density at radius 1 is 0.383 bits per heavy atom. The van der Waals surface area contributed by atoms with Gasteiger partial charge in [0.05, 0.1) is 6.61 Å². The zero-order valence-corrected chi connectivity index (χ0v) is 40.2. The molecule has 0 aliphatic heterocycles. The fraction of sp³-hybridized carbons (Fsp3) is 0.818. The molecule has 0 bridgehead atoms. The Bertz CT molecular complexity index is 997. The predicted molar refractivity (Wildman–Crippen MR) is 261 cm³/mol. The Hall–Kier alpha value is -2.14. The lowest BCUT2D eigenvalue weighted by molar-refractivity contribution is -0.163. The van der Waals surface area contributed by atoms with Crippen LogP contribution in [0.5, 0.6) is 0 Å². The van der Waals surface area contributed by atoms with Gasteiger partial charge in [0.15, 0.2) is 6.10 Å². The van der Waals surface area contributed by atoms with Crippen molar-refractivity contribution in [2.24, 2.45) is 0 Å². The molecule has 350 valence electrons. The largest absolute Gasteiger partial charge is 0.462 e. The average Bonchev–Trinajstić information content (AvgIpc) is 3.25. The predicted octanol–water partition coefficient (Wildman–Crippen LogP) is 17.6. The summed E-state index contributed by atoms with van der Waals surface area (Å²) < 4.78 is 17.3. The number of carbonyl (C=O) groups excluding carboxylic acids is 2. The number of rotatable bonds is 48. The Balaban J connectivity index is 4.30. The van der Waals surface area contributed by atoms with Crippen LogP contribution in [0.2, 0.25) is 0 Å². The molecule has 0 N–H and O–H groups in total. The molecule has 0 fully saturated rings. The van der Waals surface area contributed by atoms with Gasteiger partial charge in [-0.05, 0) is 51.4 Å². The van der Waals surface area contributed by atoms with Crippen molar-refractivity contribution in [3.63, 3.8) is 0 Å². The third kappa shape index (κ3) is 48.5. The van der Waals surface area contributed by atoms with Gasteiger partial charge in [-0.15, -0.1) is 0 Å². The highest BCUT2D eigenvalue weighted by Gasteiger charge is 2.17. The van der Waals surface area contributed by atoms with Gasteiger partial charge in [-0.2, -0.15) is 0 Å². The molecule has 0 aromatic rings. The molecule has 5 nitrogen and oxygen atoms in total. The van der Waals surface area contributed by atoms with E-state index in [4.69, 9.17) is 14.2 Å². The molecule has 0 heterocycles. The molecule has 5 heteroatoms. The number of esters is 2. The number of carbonyl (C=O) groups is 2. The van der Waals surface area contributed by atoms with E-state index in [-0.39, 0.29) is 25.2 Å². The van der Waals surface area contributed by atoms with Gasteiger partial charge >= 0.3 is 11.9 Å². The summed E-state index contributed by atoms with van der Waals surface area (Å²) in [6.45, 7) is 7.62. The zero-order chi connectivity index (χ0) is 43.5. The highest BCUT2D eigenvalue weighted by atomic mass is 16.6. The van der Waals surface area contributed by atoms with Crippen molar-refractivity contribution in [3.05, 3.63) is 48.6 Å². The van der Waals surface area contributed by atoms with E-state index >= 15 is 0 Å². The van der Waals surface area contributed by atoms with E-state index in [1.54, 1.807) is 0 Å². The van der Waals surface area contributed by atoms with Crippen LogP contribution in [0.25, 0.3) is 0 Å². The molecule has 0 aromatic heterocycles. The lowest BCUT2D eigenvalue weighted by Crippen LogP contribution is -2.30. The molecule has 0 saturated heterocycles. The van der Waals surface area contributed by atoms with Gasteiger partial charge in [0.1, 0.15) is 6.61 Å². The Kier molecular flexibility index (Phi) is 49.4. The second-order valence-electron chi connectivity index (χ2n) is 17.4. The molecule has 60 heavy (non-hydrogen) atoms. The van der Waals surface area contributed by atoms with Gasteiger partial charge < -0.3 is 14.2 Å². The molecule has 0 aliphatic carbocycles. The fourth-order valence-electron chi connectivity index (χ4n) is 7.52. The van der Waals surface area contributed by atoms with Crippen LogP contribution in [0, 0.1) is 0 Å². The molecule has 0 spiro atoms. The SMILES string of the molecule is CC/C=C\C/C=C\C/C=C\C/C=C\CCCOCC(COC(=O)CCCCCCCCCCCCCCCCC)OC(=O)CCCCCCCCCCCCCCCCC. The van der Waals surface area contributed by atoms with Crippen LogP contribution in [-0.2, 0) is 23.8 Å². The third-order valence-electron chi connectivity index (χ3n) is 11.4. The van der Waals surface area contributed by atoms with Gasteiger partial charge in [-0.1, -0.05) is 249 Å². The van der Waals surface area contributed by atoms with Crippen molar-refractivity contribution in [2.75, 3.05) is 19.8 Å². The van der Waals surface area contributed by atoms with Crippen LogP contribution >= 0.6 is 0 Å². The molecule has 0 aliphatic rings. The van der Waals surface area contributed by atoms with E-state index in [0.29, 0.717) is 19.4 Å². The Morgan fingerprint density at radius 2 is 0.733 bits per heavy atom. The summed E-state index contributed by atoms with van der Waals surface area (Å²) in [7, 11) is 0. The summed E-state index contributed by atoms with van der Waals surface area (Å²) >= 11 is 0. The number of allylic oxidation sites excluding steroid dienone is 8. The third-order valence-corrected chi connectivity index (χ3v) is 11.4. The number of ether oxygens (including phenoxy) is 3. The molecule has 1 unspecified atom stereocenters. The zero-order valence-electron chi connectivity index (χ0n) is 40.2. The minimum absolute atomic E-state index is 0.0685.